The first-order chi connectivity index (χ1) is 10.7. The van der Waals surface area contributed by atoms with Crippen molar-refractivity contribution >= 4 is 5.97 Å². The van der Waals surface area contributed by atoms with Gasteiger partial charge in [0.2, 0.25) is 5.76 Å². The van der Waals surface area contributed by atoms with Crippen LogP contribution in [0.25, 0.3) is 11.3 Å². The number of aromatic carboxylic acids is 1. The van der Waals surface area contributed by atoms with Crippen molar-refractivity contribution in [2.75, 3.05) is 7.11 Å². The SMILES string of the molecule is COc1ccc(-c2cc(C(=O)O)on2)cc1C1CCCCC1. The fourth-order valence-electron chi connectivity index (χ4n) is 3.14. The lowest BCUT2D eigenvalue weighted by Crippen LogP contribution is -2.06. The molecule has 0 radical (unpaired) electrons. The van der Waals surface area contributed by atoms with Crippen molar-refractivity contribution in [1.29, 1.82) is 0 Å². The molecular formula is C17H19NO4. The van der Waals surface area contributed by atoms with Crippen molar-refractivity contribution in [3.8, 4) is 17.0 Å². The first-order valence-electron chi connectivity index (χ1n) is 7.57. The van der Waals surface area contributed by atoms with Crippen LogP contribution in [-0.2, 0) is 0 Å². The molecule has 116 valence electrons. The summed E-state index contributed by atoms with van der Waals surface area (Å²) in [6.45, 7) is 0. The molecule has 1 N–H and O–H groups in total. The molecule has 0 atom stereocenters. The molecule has 1 saturated carbocycles. The highest BCUT2D eigenvalue weighted by Gasteiger charge is 2.21. The lowest BCUT2D eigenvalue weighted by molar-refractivity contribution is 0.0652. The molecule has 5 heteroatoms. The Balaban J connectivity index is 1.96. The second-order valence-electron chi connectivity index (χ2n) is 5.67. The van der Waals surface area contributed by atoms with E-state index in [9.17, 15) is 4.79 Å². The number of hydrogen-bond acceptors (Lipinski definition) is 4. The average Bonchev–Trinajstić information content (AvgIpc) is 3.05. The van der Waals surface area contributed by atoms with Gasteiger partial charge < -0.3 is 14.4 Å². The summed E-state index contributed by atoms with van der Waals surface area (Å²) in [4.78, 5) is 10.9. The summed E-state index contributed by atoms with van der Waals surface area (Å²) in [5.74, 6) is 0.122. The molecule has 1 aliphatic rings. The number of ether oxygens (including phenoxy) is 1. The molecule has 1 fully saturated rings. The fraction of sp³-hybridized carbons (Fsp3) is 0.412. The quantitative estimate of drug-likeness (QED) is 0.920. The Morgan fingerprint density at radius 2 is 2.05 bits per heavy atom. The average molecular weight is 301 g/mol. The Bertz CT molecular complexity index is 671. The van der Waals surface area contributed by atoms with Crippen molar-refractivity contribution in [3.05, 3.63) is 35.6 Å². The maximum atomic E-state index is 10.9. The lowest BCUT2D eigenvalue weighted by atomic mass is 9.83. The van der Waals surface area contributed by atoms with E-state index >= 15 is 0 Å². The topological polar surface area (TPSA) is 72.6 Å². The van der Waals surface area contributed by atoms with Gasteiger partial charge in [0.1, 0.15) is 11.4 Å². The zero-order valence-electron chi connectivity index (χ0n) is 12.5. The minimum atomic E-state index is -1.11. The molecule has 22 heavy (non-hydrogen) atoms. The maximum absolute atomic E-state index is 10.9. The predicted octanol–water partition coefficient (Wildman–Crippen LogP) is 4.10. The number of carboxylic acid groups (broad SMARTS) is 1. The molecule has 1 aliphatic carbocycles. The molecule has 0 unspecified atom stereocenters. The van der Waals surface area contributed by atoms with Crippen molar-refractivity contribution in [1.82, 2.24) is 5.16 Å². The first kappa shape index (κ1) is 14.6. The smallest absolute Gasteiger partial charge is 0.374 e. The molecule has 2 aromatic rings. The predicted molar refractivity (Wildman–Crippen MR) is 81.3 cm³/mol. The minimum absolute atomic E-state index is 0.148. The summed E-state index contributed by atoms with van der Waals surface area (Å²) in [6.07, 6.45) is 6.11. The van der Waals surface area contributed by atoms with Gasteiger partial charge in [-0.15, -0.1) is 0 Å². The van der Waals surface area contributed by atoms with Gasteiger partial charge in [0, 0.05) is 11.6 Å². The number of carbonyl (C=O) groups is 1. The molecule has 1 aromatic carbocycles. The number of hydrogen-bond donors (Lipinski definition) is 1. The summed E-state index contributed by atoms with van der Waals surface area (Å²) in [5.41, 5.74) is 2.58. The Labute approximate surface area is 128 Å². The molecule has 5 nitrogen and oxygen atoms in total. The third-order valence-corrected chi connectivity index (χ3v) is 4.29. The van der Waals surface area contributed by atoms with Crippen LogP contribution in [0.2, 0.25) is 0 Å². The summed E-state index contributed by atoms with van der Waals surface area (Å²) in [5, 5.41) is 12.8. The second kappa shape index (κ2) is 6.22. The monoisotopic (exact) mass is 301 g/mol. The number of benzene rings is 1. The first-order valence-corrected chi connectivity index (χ1v) is 7.57. The van der Waals surface area contributed by atoms with Crippen LogP contribution in [0.3, 0.4) is 0 Å². The van der Waals surface area contributed by atoms with Crippen molar-refractivity contribution in [2.45, 2.75) is 38.0 Å². The second-order valence-corrected chi connectivity index (χ2v) is 5.67. The highest BCUT2D eigenvalue weighted by Crippen LogP contribution is 2.39. The Morgan fingerprint density at radius 1 is 1.27 bits per heavy atom. The van der Waals surface area contributed by atoms with Gasteiger partial charge in [0.15, 0.2) is 0 Å². The molecule has 3 rings (SSSR count). The van der Waals surface area contributed by atoms with Gasteiger partial charge in [-0.2, -0.15) is 0 Å². The van der Waals surface area contributed by atoms with Crippen LogP contribution in [0.1, 0.15) is 54.1 Å². The van der Waals surface area contributed by atoms with Gasteiger partial charge in [-0.05, 0) is 42.5 Å². The van der Waals surface area contributed by atoms with E-state index in [1.807, 2.05) is 12.1 Å². The minimum Gasteiger partial charge on any atom is -0.496 e. The van der Waals surface area contributed by atoms with Crippen LogP contribution in [0, 0.1) is 0 Å². The normalized spacial score (nSPS) is 15.7. The van der Waals surface area contributed by atoms with Gasteiger partial charge in [-0.3, -0.25) is 0 Å². The van der Waals surface area contributed by atoms with E-state index < -0.39 is 5.97 Å². The number of aromatic nitrogens is 1. The highest BCUT2D eigenvalue weighted by molar-refractivity contribution is 5.85. The van der Waals surface area contributed by atoms with Crippen LogP contribution < -0.4 is 4.74 Å². The number of rotatable bonds is 4. The third kappa shape index (κ3) is 2.84. The zero-order chi connectivity index (χ0) is 15.5. The molecule has 0 bridgehead atoms. The van der Waals surface area contributed by atoms with Crippen LogP contribution in [0.15, 0.2) is 28.8 Å². The van der Waals surface area contributed by atoms with Crippen molar-refractivity contribution < 1.29 is 19.2 Å². The number of carboxylic acids is 1. The zero-order valence-corrected chi connectivity index (χ0v) is 12.5. The van der Waals surface area contributed by atoms with Gasteiger partial charge in [-0.25, -0.2) is 4.79 Å². The number of nitrogens with zero attached hydrogens (tertiary/aromatic N) is 1. The van der Waals surface area contributed by atoms with Crippen LogP contribution >= 0.6 is 0 Å². The highest BCUT2D eigenvalue weighted by atomic mass is 16.5. The van der Waals surface area contributed by atoms with Crippen molar-refractivity contribution in [3.63, 3.8) is 0 Å². The van der Waals surface area contributed by atoms with Gasteiger partial charge in [-0.1, -0.05) is 24.4 Å². The van der Waals surface area contributed by atoms with E-state index in [-0.39, 0.29) is 5.76 Å². The van der Waals surface area contributed by atoms with E-state index in [1.165, 1.54) is 43.7 Å². The van der Waals surface area contributed by atoms with Crippen LogP contribution in [0.4, 0.5) is 0 Å². The Hall–Kier alpha value is -2.30. The third-order valence-electron chi connectivity index (χ3n) is 4.29. The Morgan fingerprint density at radius 3 is 2.68 bits per heavy atom. The summed E-state index contributed by atoms with van der Waals surface area (Å²) < 4.78 is 10.3. The largest absolute Gasteiger partial charge is 0.496 e. The van der Waals surface area contributed by atoms with Crippen LogP contribution in [0.5, 0.6) is 5.75 Å². The van der Waals surface area contributed by atoms with E-state index in [1.54, 1.807) is 7.11 Å². The molecular weight excluding hydrogens is 282 g/mol. The standard InChI is InChI=1S/C17H19NO4/c1-21-15-8-7-12(14-10-16(17(19)20)22-18-14)9-13(15)11-5-3-2-4-6-11/h7-11H,2-6H2,1H3,(H,19,20). The molecule has 0 amide bonds. The lowest BCUT2D eigenvalue weighted by Gasteiger charge is -2.24. The van der Waals surface area contributed by atoms with Gasteiger partial charge in [0.25, 0.3) is 0 Å². The molecule has 1 aromatic heterocycles. The Kier molecular flexibility index (Phi) is 4.13. The summed E-state index contributed by atoms with van der Waals surface area (Å²) >= 11 is 0. The summed E-state index contributed by atoms with van der Waals surface area (Å²) in [7, 11) is 1.68. The molecule has 0 aliphatic heterocycles. The number of methoxy groups -OCH3 is 1. The van der Waals surface area contributed by atoms with Crippen LogP contribution in [-0.4, -0.2) is 23.3 Å². The van der Waals surface area contributed by atoms with Crippen molar-refractivity contribution in [2.24, 2.45) is 0 Å². The molecule has 1 heterocycles. The van der Waals surface area contributed by atoms with E-state index in [2.05, 4.69) is 11.2 Å². The van der Waals surface area contributed by atoms with E-state index in [0.29, 0.717) is 11.6 Å². The summed E-state index contributed by atoms with van der Waals surface area (Å²) in [6, 6.07) is 7.32. The van der Waals surface area contributed by atoms with E-state index in [0.717, 1.165) is 11.3 Å². The van der Waals surface area contributed by atoms with Gasteiger partial charge >= 0.3 is 5.97 Å². The van der Waals surface area contributed by atoms with Gasteiger partial charge in [0.05, 0.1) is 7.11 Å². The molecule has 0 saturated heterocycles. The maximum Gasteiger partial charge on any atom is 0.374 e. The fourth-order valence-corrected chi connectivity index (χ4v) is 3.14. The van der Waals surface area contributed by atoms with E-state index in [4.69, 9.17) is 14.4 Å². The molecule has 0 spiro atoms.